The van der Waals surface area contributed by atoms with Crippen LogP contribution in [-0.4, -0.2) is 25.3 Å². The lowest BCUT2D eigenvalue weighted by Gasteiger charge is -2.27. The number of ether oxygens (including phenoxy) is 2. The maximum Gasteiger partial charge on any atom is 0.412 e. The predicted molar refractivity (Wildman–Crippen MR) is 79.7 cm³/mol. The SMILES string of the molecule is COC(C)(CN)c1cccc(NC(=O)OC(C)(C)C)c1. The second-order valence-electron chi connectivity index (χ2n) is 5.85. The third kappa shape index (κ3) is 4.51. The number of carbonyl (C=O) groups excluding carboxylic acids is 1. The van der Waals surface area contributed by atoms with Crippen molar-refractivity contribution in [1.29, 1.82) is 0 Å². The van der Waals surface area contributed by atoms with E-state index in [4.69, 9.17) is 15.2 Å². The molecule has 0 spiro atoms. The molecule has 0 fully saturated rings. The molecule has 112 valence electrons. The Morgan fingerprint density at radius 1 is 1.30 bits per heavy atom. The Balaban J connectivity index is 2.86. The van der Waals surface area contributed by atoms with E-state index in [0.29, 0.717) is 12.2 Å². The summed E-state index contributed by atoms with van der Waals surface area (Å²) >= 11 is 0. The highest BCUT2D eigenvalue weighted by Crippen LogP contribution is 2.25. The topological polar surface area (TPSA) is 73.6 Å². The molecule has 0 aliphatic carbocycles. The summed E-state index contributed by atoms with van der Waals surface area (Å²) in [5.41, 5.74) is 6.19. The molecule has 20 heavy (non-hydrogen) atoms. The molecular weight excluding hydrogens is 256 g/mol. The van der Waals surface area contributed by atoms with Crippen LogP contribution in [0.2, 0.25) is 0 Å². The van der Waals surface area contributed by atoms with E-state index >= 15 is 0 Å². The Morgan fingerprint density at radius 3 is 2.45 bits per heavy atom. The van der Waals surface area contributed by atoms with E-state index in [1.165, 1.54) is 0 Å². The Bertz CT molecular complexity index is 462. The predicted octanol–water partition coefficient (Wildman–Crippen LogP) is 2.85. The Labute approximate surface area is 120 Å². The standard InChI is InChI=1S/C15H24N2O3/c1-14(2,3)20-13(18)17-12-8-6-7-11(9-12)15(4,10-16)19-5/h6-9H,10,16H2,1-5H3,(H,17,18). The van der Waals surface area contributed by atoms with Crippen LogP contribution >= 0.6 is 0 Å². The van der Waals surface area contributed by atoms with Crippen molar-refractivity contribution in [3.8, 4) is 0 Å². The molecule has 1 aromatic carbocycles. The maximum atomic E-state index is 11.7. The summed E-state index contributed by atoms with van der Waals surface area (Å²) in [6.45, 7) is 7.71. The fourth-order valence-electron chi connectivity index (χ4n) is 1.67. The van der Waals surface area contributed by atoms with Crippen molar-refractivity contribution in [3.63, 3.8) is 0 Å². The van der Waals surface area contributed by atoms with Gasteiger partial charge in [0.2, 0.25) is 0 Å². The number of hydrogen-bond acceptors (Lipinski definition) is 4. The summed E-state index contributed by atoms with van der Waals surface area (Å²) in [5.74, 6) is 0. The molecule has 1 aromatic rings. The molecule has 0 heterocycles. The molecule has 1 atom stereocenters. The number of carbonyl (C=O) groups is 1. The molecule has 0 aliphatic rings. The molecule has 0 saturated heterocycles. The molecule has 1 rings (SSSR count). The molecule has 0 bridgehead atoms. The van der Waals surface area contributed by atoms with Gasteiger partial charge in [0.15, 0.2) is 0 Å². The van der Waals surface area contributed by atoms with Gasteiger partial charge in [0.1, 0.15) is 11.2 Å². The lowest BCUT2D eigenvalue weighted by atomic mass is 9.95. The van der Waals surface area contributed by atoms with Crippen LogP contribution in [0.3, 0.4) is 0 Å². The van der Waals surface area contributed by atoms with Crippen molar-refractivity contribution in [1.82, 2.24) is 0 Å². The fraction of sp³-hybridized carbons (Fsp3) is 0.533. The van der Waals surface area contributed by atoms with Crippen molar-refractivity contribution >= 4 is 11.8 Å². The largest absolute Gasteiger partial charge is 0.444 e. The van der Waals surface area contributed by atoms with Crippen molar-refractivity contribution in [2.24, 2.45) is 5.73 Å². The second kappa shape index (κ2) is 6.24. The highest BCUT2D eigenvalue weighted by molar-refractivity contribution is 5.85. The molecule has 1 unspecified atom stereocenters. The summed E-state index contributed by atoms with van der Waals surface area (Å²) in [6.07, 6.45) is -0.485. The molecule has 3 N–H and O–H groups in total. The molecule has 0 aliphatic heterocycles. The number of benzene rings is 1. The van der Waals surface area contributed by atoms with Crippen LogP contribution in [0.5, 0.6) is 0 Å². The summed E-state index contributed by atoms with van der Waals surface area (Å²) in [7, 11) is 1.61. The number of amides is 1. The van der Waals surface area contributed by atoms with Gasteiger partial charge in [0.05, 0.1) is 0 Å². The first-order chi connectivity index (χ1) is 9.20. The molecule has 5 heteroatoms. The van der Waals surface area contributed by atoms with Gasteiger partial charge < -0.3 is 15.2 Å². The molecule has 1 amide bonds. The van der Waals surface area contributed by atoms with Crippen LogP contribution < -0.4 is 11.1 Å². The number of methoxy groups -OCH3 is 1. The van der Waals surface area contributed by atoms with Gasteiger partial charge in [-0.05, 0) is 45.4 Å². The minimum atomic E-state index is -0.578. The average molecular weight is 280 g/mol. The fourth-order valence-corrected chi connectivity index (χ4v) is 1.67. The van der Waals surface area contributed by atoms with Crippen molar-refractivity contribution in [2.75, 3.05) is 19.0 Å². The zero-order valence-electron chi connectivity index (χ0n) is 12.8. The second-order valence-corrected chi connectivity index (χ2v) is 5.85. The van der Waals surface area contributed by atoms with Crippen molar-refractivity contribution in [2.45, 2.75) is 38.9 Å². The van der Waals surface area contributed by atoms with E-state index in [1.807, 2.05) is 45.9 Å². The van der Waals surface area contributed by atoms with E-state index in [0.717, 1.165) is 5.56 Å². The normalized spacial score (nSPS) is 14.5. The minimum absolute atomic E-state index is 0.347. The van der Waals surface area contributed by atoms with E-state index in [9.17, 15) is 4.79 Å². The average Bonchev–Trinajstić information content (AvgIpc) is 2.35. The molecule has 0 saturated carbocycles. The monoisotopic (exact) mass is 280 g/mol. The first-order valence-electron chi connectivity index (χ1n) is 6.56. The van der Waals surface area contributed by atoms with E-state index < -0.39 is 17.3 Å². The van der Waals surface area contributed by atoms with Crippen LogP contribution in [0.25, 0.3) is 0 Å². The highest BCUT2D eigenvalue weighted by atomic mass is 16.6. The summed E-state index contributed by atoms with van der Waals surface area (Å²) in [5, 5.41) is 2.70. The third-order valence-electron chi connectivity index (χ3n) is 2.96. The Morgan fingerprint density at radius 2 is 1.95 bits per heavy atom. The quantitative estimate of drug-likeness (QED) is 0.889. The zero-order chi connectivity index (χ0) is 15.4. The number of rotatable bonds is 4. The number of nitrogens with one attached hydrogen (secondary N) is 1. The van der Waals surface area contributed by atoms with Gasteiger partial charge in [-0.2, -0.15) is 0 Å². The van der Waals surface area contributed by atoms with Gasteiger partial charge in [-0.1, -0.05) is 12.1 Å². The third-order valence-corrected chi connectivity index (χ3v) is 2.96. The lowest BCUT2D eigenvalue weighted by Crippen LogP contribution is -2.33. The molecule has 0 radical (unpaired) electrons. The van der Waals surface area contributed by atoms with Crippen LogP contribution in [0, 0.1) is 0 Å². The smallest absolute Gasteiger partial charge is 0.412 e. The van der Waals surface area contributed by atoms with Crippen molar-refractivity contribution in [3.05, 3.63) is 29.8 Å². The Hall–Kier alpha value is -1.59. The van der Waals surface area contributed by atoms with Crippen LogP contribution in [0.4, 0.5) is 10.5 Å². The molecular formula is C15H24N2O3. The van der Waals surface area contributed by atoms with Gasteiger partial charge >= 0.3 is 6.09 Å². The highest BCUT2D eigenvalue weighted by Gasteiger charge is 2.24. The minimum Gasteiger partial charge on any atom is -0.444 e. The zero-order valence-corrected chi connectivity index (χ0v) is 12.8. The summed E-state index contributed by atoms with van der Waals surface area (Å²) < 4.78 is 10.7. The van der Waals surface area contributed by atoms with Gasteiger partial charge in [0, 0.05) is 19.3 Å². The number of anilines is 1. The van der Waals surface area contributed by atoms with Gasteiger partial charge in [-0.25, -0.2) is 4.79 Å². The summed E-state index contributed by atoms with van der Waals surface area (Å²) in [4.78, 5) is 11.7. The Kier molecular flexibility index (Phi) is 5.14. The van der Waals surface area contributed by atoms with Crippen LogP contribution in [0.1, 0.15) is 33.3 Å². The van der Waals surface area contributed by atoms with Gasteiger partial charge in [0.25, 0.3) is 0 Å². The molecule has 0 aromatic heterocycles. The number of hydrogen-bond donors (Lipinski definition) is 2. The number of nitrogens with two attached hydrogens (primary N) is 1. The van der Waals surface area contributed by atoms with E-state index in [2.05, 4.69) is 5.32 Å². The van der Waals surface area contributed by atoms with Crippen LogP contribution in [0.15, 0.2) is 24.3 Å². The maximum absolute atomic E-state index is 11.7. The van der Waals surface area contributed by atoms with Crippen LogP contribution in [-0.2, 0) is 15.1 Å². The molecule has 5 nitrogen and oxygen atoms in total. The van der Waals surface area contributed by atoms with Gasteiger partial charge in [-0.15, -0.1) is 0 Å². The summed E-state index contributed by atoms with van der Waals surface area (Å²) in [6, 6.07) is 7.38. The van der Waals surface area contributed by atoms with Gasteiger partial charge in [-0.3, -0.25) is 5.32 Å². The lowest BCUT2D eigenvalue weighted by molar-refractivity contribution is 0.0101. The van der Waals surface area contributed by atoms with E-state index in [-0.39, 0.29) is 0 Å². The van der Waals surface area contributed by atoms with Crippen molar-refractivity contribution < 1.29 is 14.3 Å². The first-order valence-corrected chi connectivity index (χ1v) is 6.56. The van der Waals surface area contributed by atoms with E-state index in [1.54, 1.807) is 13.2 Å². The first kappa shape index (κ1) is 16.5.